The minimum Gasteiger partial charge on any atom is -0.497 e. The van der Waals surface area contributed by atoms with Crippen molar-refractivity contribution >= 4 is 23.8 Å². The number of hydrogen-bond acceptors (Lipinski definition) is 5. The molecule has 1 aliphatic rings. The summed E-state index contributed by atoms with van der Waals surface area (Å²) < 4.78 is 15.3. The first-order valence-corrected chi connectivity index (χ1v) is 7.32. The van der Waals surface area contributed by atoms with Crippen molar-refractivity contribution in [3.8, 4) is 5.75 Å². The minimum absolute atomic E-state index is 0.102. The quantitative estimate of drug-likeness (QED) is 0.798. The molecule has 1 aromatic carbocycles. The van der Waals surface area contributed by atoms with Crippen molar-refractivity contribution < 1.29 is 23.8 Å². The Labute approximate surface area is 134 Å². The van der Waals surface area contributed by atoms with Crippen molar-refractivity contribution in [2.45, 2.75) is 13.8 Å². The summed E-state index contributed by atoms with van der Waals surface area (Å²) in [6.07, 6.45) is 4.36. The van der Waals surface area contributed by atoms with E-state index in [0.717, 1.165) is 5.56 Å². The van der Waals surface area contributed by atoms with Crippen LogP contribution in [0.2, 0.25) is 0 Å². The van der Waals surface area contributed by atoms with E-state index in [1.165, 1.54) is 11.0 Å². The molecular weight excluding hydrogens is 298 g/mol. The Morgan fingerprint density at radius 1 is 1.13 bits per heavy atom. The number of ether oxygens (including phenoxy) is 3. The molecule has 0 unspecified atom stereocenters. The molecule has 0 radical (unpaired) electrons. The summed E-state index contributed by atoms with van der Waals surface area (Å²) in [7, 11) is 1.56. The van der Waals surface area contributed by atoms with Gasteiger partial charge in [-0.05, 0) is 38.1 Å². The van der Waals surface area contributed by atoms with Crippen LogP contribution in [0.25, 0.3) is 6.08 Å². The molecule has 0 saturated heterocycles. The molecule has 1 heterocycles. The van der Waals surface area contributed by atoms with Gasteiger partial charge in [-0.1, -0.05) is 12.2 Å². The number of nitrogens with zero attached hydrogens (tertiary/aromatic N) is 1. The third-order valence-electron chi connectivity index (χ3n) is 3.18. The molecule has 1 aliphatic heterocycles. The van der Waals surface area contributed by atoms with Crippen LogP contribution in [-0.2, 0) is 14.3 Å². The van der Waals surface area contributed by atoms with Gasteiger partial charge in [-0.25, -0.2) is 14.5 Å². The summed E-state index contributed by atoms with van der Waals surface area (Å²) in [6, 6.07) is 5.20. The van der Waals surface area contributed by atoms with Crippen LogP contribution in [0.3, 0.4) is 0 Å². The first-order valence-electron chi connectivity index (χ1n) is 7.32. The second-order valence-electron chi connectivity index (χ2n) is 4.59. The van der Waals surface area contributed by atoms with Crippen LogP contribution < -0.4 is 9.64 Å². The zero-order valence-corrected chi connectivity index (χ0v) is 13.4. The highest BCUT2D eigenvalue weighted by Crippen LogP contribution is 2.32. The third-order valence-corrected chi connectivity index (χ3v) is 3.18. The first-order chi connectivity index (χ1) is 11.1. The molecule has 23 heavy (non-hydrogen) atoms. The van der Waals surface area contributed by atoms with Crippen LogP contribution in [0, 0.1) is 0 Å². The molecule has 122 valence electrons. The SMILES string of the molecule is CCOC(=O)C1=CC=Cc2cc(OC)ccc2N1C(=O)OCC. The van der Waals surface area contributed by atoms with Gasteiger partial charge in [0.25, 0.3) is 0 Å². The highest BCUT2D eigenvalue weighted by atomic mass is 16.6. The number of fused-ring (bicyclic) bond motifs is 1. The van der Waals surface area contributed by atoms with E-state index in [2.05, 4.69) is 0 Å². The zero-order valence-electron chi connectivity index (χ0n) is 13.4. The van der Waals surface area contributed by atoms with E-state index in [9.17, 15) is 9.59 Å². The predicted molar refractivity (Wildman–Crippen MR) is 86.2 cm³/mol. The van der Waals surface area contributed by atoms with Crippen molar-refractivity contribution in [2.24, 2.45) is 0 Å². The number of rotatable bonds is 4. The second kappa shape index (κ2) is 7.49. The smallest absolute Gasteiger partial charge is 0.419 e. The fourth-order valence-corrected chi connectivity index (χ4v) is 2.19. The maximum atomic E-state index is 12.4. The van der Waals surface area contributed by atoms with E-state index in [4.69, 9.17) is 14.2 Å². The number of anilines is 1. The predicted octanol–water partition coefficient (Wildman–Crippen LogP) is 3.13. The lowest BCUT2D eigenvalue weighted by molar-refractivity contribution is -0.138. The molecule has 1 amide bonds. The molecule has 2 rings (SSSR count). The van der Waals surface area contributed by atoms with Gasteiger partial charge in [0.15, 0.2) is 0 Å². The summed E-state index contributed by atoms with van der Waals surface area (Å²) in [5.41, 5.74) is 1.36. The molecule has 6 nitrogen and oxygen atoms in total. The minimum atomic E-state index is -0.637. The van der Waals surface area contributed by atoms with Crippen LogP contribution in [0.4, 0.5) is 10.5 Å². The molecule has 0 atom stereocenters. The molecule has 1 aromatic rings. The third kappa shape index (κ3) is 3.53. The van der Waals surface area contributed by atoms with Crippen LogP contribution in [-0.4, -0.2) is 32.4 Å². The number of benzene rings is 1. The Kier molecular flexibility index (Phi) is 5.41. The summed E-state index contributed by atoms with van der Waals surface area (Å²) in [4.78, 5) is 25.8. The maximum Gasteiger partial charge on any atom is 0.419 e. The van der Waals surface area contributed by atoms with Gasteiger partial charge >= 0.3 is 12.1 Å². The lowest BCUT2D eigenvalue weighted by Crippen LogP contribution is -2.35. The van der Waals surface area contributed by atoms with Crippen LogP contribution in [0.1, 0.15) is 19.4 Å². The molecule has 0 bridgehead atoms. The number of hydrogen-bond donors (Lipinski definition) is 0. The molecule has 0 N–H and O–H groups in total. The van der Waals surface area contributed by atoms with E-state index in [-0.39, 0.29) is 18.9 Å². The maximum absolute atomic E-state index is 12.4. The Bertz CT molecular complexity index is 663. The topological polar surface area (TPSA) is 65.1 Å². The number of carbonyl (C=O) groups is 2. The first kappa shape index (κ1) is 16.6. The van der Waals surface area contributed by atoms with E-state index < -0.39 is 12.1 Å². The monoisotopic (exact) mass is 317 g/mol. The summed E-state index contributed by atoms with van der Waals surface area (Å²) in [6.45, 7) is 3.82. The normalized spacial score (nSPS) is 12.8. The van der Waals surface area contributed by atoms with Gasteiger partial charge in [0.1, 0.15) is 11.4 Å². The largest absolute Gasteiger partial charge is 0.497 e. The number of esters is 1. The van der Waals surface area contributed by atoms with E-state index >= 15 is 0 Å². The van der Waals surface area contributed by atoms with Crippen LogP contribution >= 0.6 is 0 Å². The van der Waals surface area contributed by atoms with E-state index in [1.54, 1.807) is 51.3 Å². The van der Waals surface area contributed by atoms with Crippen molar-refractivity contribution in [2.75, 3.05) is 25.2 Å². The molecular formula is C17H19NO5. The Morgan fingerprint density at radius 2 is 1.87 bits per heavy atom. The van der Waals surface area contributed by atoms with Crippen LogP contribution in [0.15, 0.2) is 36.0 Å². The highest BCUT2D eigenvalue weighted by molar-refractivity contribution is 6.06. The summed E-state index contributed by atoms with van der Waals surface area (Å²) in [5, 5.41) is 0. The lowest BCUT2D eigenvalue weighted by atomic mass is 10.1. The number of carbonyl (C=O) groups excluding carboxylic acids is 2. The molecule has 0 fully saturated rings. The van der Waals surface area contributed by atoms with Gasteiger partial charge in [-0.2, -0.15) is 0 Å². The molecule has 0 aromatic heterocycles. The van der Waals surface area contributed by atoms with Crippen molar-refractivity contribution in [1.82, 2.24) is 0 Å². The van der Waals surface area contributed by atoms with Crippen molar-refractivity contribution in [3.63, 3.8) is 0 Å². The average Bonchev–Trinajstić information content (AvgIpc) is 2.73. The van der Waals surface area contributed by atoms with Gasteiger partial charge in [0.05, 0.1) is 26.0 Å². The molecule has 0 aliphatic carbocycles. The average molecular weight is 317 g/mol. The summed E-state index contributed by atoms with van der Waals surface area (Å²) in [5.74, 6) is 0.0608. The van der Waals surface area contributed by atoms with Crippen LogP contribution in [0.5, 0.6) is 5.75 Å². The Morgan fingerprint density at radius 3 is 2.52 bits per heavy atom. The number of allylic oxidation sites excluding steroid dienone is 2. The Hall–Kier alpha value is -2.76. The Balaban J connectivity index is 2.52. The van der Waals surface area contributed by atoms with Gasteiger partial charge in [-0.15, -0.1) is 0 Å². The fraction of sp³-hybridized carbons (Fsp3) is 0.294. The van der Waals surface area contributed by atoms with Gasteiger partial charge in [0, 0.05) is 5.56 Å². The number of amides is 1. The summed E-state index contributed by atoms with van der Waals surface area (Å²) >= 11 is 0. The highest BCUT2D eigenvalue weighted by Gasteiger charge is 2.29. The van der Waals surface area contributed by atoms with Gasteiger partial charge < -0.3 is 14.2 Å². The van der Waals surface area contributed by atoms with Crippen molar-refractivity contribution in [1.29, 1.82) is 0 Å². The molecule has 6 heteroatoms. The van der Waals surface area contributed by atoms with Crippen molar-refractivity contribution in [3.05, 3.63) is 41.6 Å². The van der Waals surface area contributed by atoms with E-state index in [0.29, 0.717) is 11.4 Å². The lowest BCUT2D eigenvalue weighted by Gasteiger charge is -2.24. The number of methoxy groups -OCH3 is 1. The van der Waals surface area contributed by atoms with Gasteiger partial charge in [0.2, 0.25) is 0 Å². The van der Waals surface area contributed by atoms with Gasteiger partial charge in [-0.3, -0.25) is 0 Å². The molecule has 0 saturated carbocycles. The molecule has 0 spiro atoms. The standard InChI is InChI=1S/C17H19NO5/c1-4-22-16(19)15-8-6-7-12-11-13(21-3)9-10-14(12)18(15)17(20)23-5-2/h6-11H,4-5H2,1-3H3. The fourth-order valence-electron chi connectivity index (χ4n) is 2.19. The zero-order chi connectivity index (χ0) is 16.8. The second-order valence-corrected chi connectivity index (χ2v) is 4.59. The van der Waals surface area contributed by atoms with E-state index in [1.807, 2.05) is 0 Å².